The van der Waals surface area contributed by atoms with Gasteiger partial charge in [-0.15, -0.1) is 0 Å². The number of ether oxygens (including phenoxy) is 8. The van der Waals surface area contributed by atoms with Gasteiger partial charge in [-0.1, -0.05) is 47.2 Å². The Balaban J connectivity index is 0.696. The molecule has 622 valence electrons. The summed E-state index contributed by atoms with van der Waals surface area (Å²) in [7, 11) is 1.03. The van der Waals surface area contributed by atoms with Crippen molar-refractivity contribution in [3.05, 3.63) is 117 Å². The van der Waals surface area contributed by atoms with E-state index in [1.165, 1.54) is 68.8 Å². The second-order valence-electron chi connectivity index (χ2n) is 27.7. The van der Waals surface area contributed by atoms with Crippen LogP contribution in [0.25, 0.3) is 22.3 Å². The highest BCUT2D eigenvalue weighted by atomic mass is 32.7. The molecule has 15 rings (SSSR count). The van der Waals surface area contributed by atoms with Crippen LogP contribution in [0.3, 0.4) is 0 Å². The molecule has 7 aromatic rings. The van der Waals surface area contributed by atoms with Crippen molar-refractivity contribution in [1.82, 2.24) is 67.7 Å². The summed E-state index contributed by atoms with van der Waals surface area (Å²) in [4.78, 5) is 167. The third-order valence-electron chi connectivity index (χ3n) is 20.9. The van der Waals surface area contributed by atoms with Gasteiger partial charge in [-0.3, -0.25) is 56.7 Å². The summed E-state index contributed by atoms with van der Waals surface area (Å²) in [6.45, 7) is -19.7. The van der Waals surface area contributed by atoms with Crippen molar-refractivity contribution >= 4 is 133 Å². The fourth-order valence-electron chi connectivity index (χ4n) is 15.0. The number of nitrogens with two attached hydrogens (primary N) is 3. The van der Waals surface area contributed by atoms with Gasteiger partial charge in [0.05, 0.1) is 76.2 Å². The van der Waals surface area contributed by atoms with Crippen molar-refractivity contribution < 1.29 is 112 Å². The van der Waals surface area contributed by atoms with E-state index in [0.29, 0.717) is 5.56 Å². The summed E-state index contributed by atoms with van der Waals surface area (Å²) in [5.74, 6) is -0.432. The van der Waals surface area contributed by atoms with Crippen molar-refractivity contribution in [2.45, 2.75) is 182 Å². The van der Waals surface area contributed by atoms with E-state index in [9.17, 15) is 48.6 Å². The lowest BCUT2D eigenvalue weighted by Gasteiger charge is -2.42. The highest BCUT2D eigenvalue weighted by molar-refractivity contribution is 8.32. The Bertz CT molecular complexity index is 5630. The molecule has 8 aliphatic heterocycles. The molecule has 0 aromatic carbocycles. The molecule has 8 aliphatic rings. The van der Waals surface area contributed by atoms with E-state index in [0.717, 1.165) is 33.3 Å². The van der Waals surface area contributed by atoms with E-state index in [1.807, 2.05) is 0 Å². The number of H-pyrrole nitrogens is 3. The maximum Gasteiger partial charge on any atom is 0.351 e. The fourth-order valence-corrected chi connectivity index (χ4v) is 21.8. The first-order chi connectivity index (χ1) is 53.6. The van der Waals surface area contributed by atoms with Gasteiger partial charge in [0.1, 0.15) is 123 Å². The van der Waals surface area contributed by atoms with Gasteiger partial charge in [0.25, 0.3) is 16.7 Å². The molecule has 114 heavy (non-hydrogen) atoms. The standard InChI is InChI=1S/C57H74N17O30P5S5/c1-21-10-71(52(79)65-41(21)58)48-35-38(55(15-75,97-48)24(4)92-35)102-108(85,113)90-16-56-25(5)93-36(49(98-56)72-12-23(3)46(77)69-54(72)81)39(56)104-109(86,114)91-17-57-26(6)94-37(50(99-57)74-20-63-33-42(59)61-18-62-43(33)74)40(57)103-107(84,112)89-14-30-28(9-32(96-30)73-19-64-34-44(73)66-51(60)67-47(34)78)101-106(83,111)88-13-29-27(100-105(82,110)87-7)8-31(95-29)70-11-22(2)45(76)68-53(70)80/h10-12,18-20,24-32,35-40,48-50,75H,8-9,13-17H2,1-7H3,(H,82,110)(H,83,111)(H,84,112)(H,85,113)(H,86,114)(H2,58,65,79)(H2,59,61,62)(H,68,76,80)(H,69,77,81)(H3,60,66,67,78)/p-5/t24-,25-,26-,27+,28+,29+,30+,31+,32+,35?,36?,37?,38+,39+,40+,48+,49+,50+,55-,56-,57-,105?,106?,107?,108?,109?/m0/s1. The molecule has 0 spiro atoms. The second kappa shape index (κ2) is 30.8. The van der Waals surface area contributed by atoms with Crippen LogP contribution in [0.15, 0.2) is 66.3 Å². The van der Waals surface area contributed by atoms with Crippen LogP contribution in [0, 0.1) is 20.8 Å². The number of nitrogen functional groups attached to an aromatic ring is 3. The molecule has 0 aliphatic carbocycles. The van der Waals surface area contributed by atoms with Gasteiger partial charge in [0, 0.05) is 55.2 Å². The third-order valence-corrected chi connectivity index (χ3v) is 28.7. The van der Waals surface area contributed by atoms with Gasteiger partial charge in [0.2, 0.25) is 5.95 Å². The lowest BCUT2D eigenvalue weighted by Crippen LogP contribution is -2.52. The zero-order valence-corrected chi connectivity index (χ0v) is 68.6. The summed E-state index contributed by atoms with van der Waals surface area (Å²) in [5, 5.41) is 10.9. The van der Waals surface area contributed by atoms with E-state index in [1.54, 1.807) is 6.92 Å². The summed E-state index contributed by atoms with van der Waals surface area (Å²) in [6, 6.07) is 0. The van der Waals surface area contributed by atoms with E-state index < -0.39 is 228 Å². The van der Waals surface area contributed by atoms with Gasteiger partial charge < -0.3 is 137 Å². The number of aromatic nitrogens is 14. The summed E-state index contributed by atoms with van der Waals surface area (Å²) in [5.41, 5.74) is 7.45. The van der Waals surface area contributed by atoms with Crippen LogP contribution in [-0.2, 0) is 147 Å². The Morgan fingerprint density at radius 1 is 0.553 bits per heavy atom. The van der Waals surface area contributed by atoms with Gasteiger partial charge >= 0.3 is 17.1 Å². The Labute approximate surface area is 665 Å². The summed E-state index contributed by atoms with van der Waals surface area (Å²) in [6.07, 6.45) is -18.3. The molecule has 6 bridgehead atoms. The first-order valence-electron chi connectivity index (χ1n) is 34.3. The number of aryl methyl sites for hydroxylation is 3. The molecule has 57 heteroatoms. The molecular formula is C57H69N17O30P5S5-5. The Kier molecular flexibility index (Phi) is 22.7. The number of aliphatic hydroxyl groups is 1. The number of imidazole rings is 2. The number of nitrogens with zero attached hydrogens (tertiary/aromatic N) is 11. The maximum absolute atomic E-state index is 15.4. The van der Waals surface area contributed by atoms with E-state index >= 15 is 9.46 Å². The number of hydrogen-bond donors (Lipinski definition) is 7. The topological polar surface area (TPSA) is 626 Å². The molecule has 0 amide bonds. The summed E-state index contributed by atoms with van der Waals surface area (Å²) >= 11 is 27.3. The average molecular weight is 1790 g/mol. The molecule has 15 heterocycles. The van der Waals surface area contributed by atoms with Crippen LogP contribution >= 0.6 is 33.7 Å². The number of fused-ring (bicyclic) bond motifs is 8. The van der Waals surface area contributed by atoms with Crippen molar-refractivity contribution in [3.63, 3.8) is 0 Å². The van der Waals surface area contributed by atoms with E-state index in [4.69, 9.17) is 160 Å². The number of hydrogen-bond acceptors (Lipinski definition) is 44. The number of rotatable bonds is 29. The smallest absolute Gasteiger partial charge is 0.351 e. The predicted molar refractivity (Wildman–Crippen MR) is 395 cm³/mol. The normalized spacial score (nSPS) is 35.0. The monoisotopic (exact) mass is 1790 g/mol. The summed E-state index contributed by atoms with van der Waals surface area (Å²) < 4.78 is 131. The van der Waals surface area contributed by atoms with Crippen LogP contribution in [0.4, 0.5) is 17.6 Å². The zero-order valence-electron chi connectivity index (χ0n) is 60.0. The lowest BCUT2D eigenvalue weighted by atomic mass is 9.94. The second-order valence-corrected chi connectivity index (χ2v) is 41.4. The molecule has 10 N–H and O–H groups in total. The van der Waals surface area contributed by atoms with Crippen LogP contribution in [0.5, 0.6) is 0 Å². The predicted octanol–water partition coefficient (Wildman–Crippen LogP) is -3.65. The first kappa shape index (κ1) is 83.8. The quantitative estimate of drug-likeness (QED) is 0.0176. The molecule has 0 radical (unpaired) electrons. The van der Waals surface area contributed by atoms with Gasteiger partial charge in [-0.2, -0.15) is 9.97 Å². The molecule has 7 aromatic heterocycles. The Morgan fingerprint density at radius 3 is 1.62 bits per heavy atom. The fraction of sp³-hybridized carbons (Fsp3) is 0.614. The highest BCUT2D eigenvalue weighted by Gasteiger charge is 2.71. The van der Waals surface area contributed by atoms with Crippen molar-refractivity contribution in [1.29, 1.82) is 0 Å². The number of anilines is 3. The van der Waals surface area contributed by atoms with Crippen molar-refractivity contribution in [2.24, 2.45) is 0 Å². The van der Waals surface area contributed by atoms with Crippen LogP contribution in [0.2, 0.25) is 0 Å². The van der Waals surface area contributed by atoms with Crippen LogP contribution < -0.4 is 70.5 Å². The minimum absolute atomic E-state index is 0.0204. The molecule has 8 unspecified atom stereocenters. The minimum Gasteiger partial charge on any atom is -0.780 e. The first-order valence-corrected chi connectivity index (χ1v) is 47.0. The number of aromatic amines is 3. The Hall–Kier alpha value is -5.20. The average Bonchev–Trinajstić information content (AvgIpc) is 2.09. The maximum atomic E-state index is 15.4. The highest BCUT2D eigenvalue weighted by Crippen LogP contribution is 2.63. The van der Waals surface area contributed by atoms with Gasteiger partial charge in [-0.25, -0.2) is 34.3 Å². The van der Waals surface area contributed by atoms with Crippen LogP contribution in [-0.4, -0.2) is 209 Å². The van der Waals surface area contributed by atoms with Crippen molar-refractivity contribution in [2.75, 3.05) is 57.3 Å². The zero-order chi connectivity index (χ0) is 81.8. The molecular weight excluding hydrogens is 1720 g/mol. The van der Waals surface area contributed by atoms with Crippen molar-refractivity contribution in [3.8, 4) is 0 Å². The van der Waals surface area contributed by atoms with Gasteiger partial charge in [0.15, 0.2) is 48.1 Å². The number of aliphatic hydroxyl groups excluding tert-OH is 1. The van der Waals surface area contributed by atoms with E-state index in [2.05, 4.69) is 44.9 Å². The minimum atomic E-state index is -5.17. The van der Waals surface area contributed by atoms with E-state index in [-0.39, 0.29) is 63.9 Å². The van der Waals surface area contributed by atoms with Crippen LogP contribution in [0.1, 0.15) is 81.4 Å². The molecule has 8 fully saturated rings. The molecule has 47 nitrogen and oxygen atoms in total. The van der Waals surface area contributed by atoms with Gasteiger partial charge in [-0.05, 0) is 41.5 Å². The third kappa shape index (κ3) is 15.4. The number of nitrogens with one attached hydrogen (secondary N) is 3. The SMILES string of the molecule is COP([O-])(=S)O[C@@H]1C[C@H](n2cc(C)c(=O)[nH]c2=O)O[C@@H]1COP([O-])(=S)O[C@@H]1C[C@H](n2cnc3c(=O)[nH]c(N)nc32)O[C@@H]1COP([O-])(=S)O[C@@H]1C2O[C@@H](C)[C@]1(COP(=O)([S-])O[C@@H]1C3O[C@@H](C)[C@]1(COP([O-])(=S)O[C@@H]1C4O[C@@H](C)[C@]1(CO)O[C@H]4n1cc(C)c(N)nc1=O)O[C@H]3n1cc(C)c(=O)[nH]c1=O)O[C@H]2n1cnc2c(N)ncnc21. The lowest BCUT2D eigenvalue weighted by molar-refractivity contribution is -0.240. The molecule has 26 atom stereocenters. The molecule has 0 saturated carbocycles. The molecule has 8 saturated heterocycles. The largest absolute Gasteiger partial charge is 0.780 e. The Morgan fingerprint density at radius 2 is 1.03 bits per heavy atom.